The number of rotatable bonds is 3. The Morgan fingerprint density at radius 3 is 2.50 bits per heavy atom. The van der Waals surface area contributed by atoms with E-state index in [0.717, 1.165) is 0 Å². The molecule has 0 atom stereocenters. The van der Waals surface area contributed by atoms with Gasteiger partial charge >= 0.3 is 0 Å². The van der Waals surface area contributed by atoms with Gasteiger partial charge in [-0.3, -0.25) is 0 Å². The lowest BCUT2D eigenvalue weighted by molar-refractivity contribution is 0.540. The average molecular weight is 288 g/mol. The summed E-state index contributed by atoms with van der Waals surface area (Å²) in [6.45, 7) is 0. The smallest absolute Gasteiger partial charge is 0.211 e. The first-order valence-electron chi connectivity index (χ1n) is 5.98. The molecule has 0 fully saturated rings. The van der Waals surface area contributed by atoms with Gasteiger partial charge in [-0.05, 0) is 24.3 Å². The molecule has 0 aliphatic heterocycles. The molecule has 0 radical (unpaired) electrons. The third kappa shape index (κ3) is 2.25. The van der Waals surface area contributed by atoms with Crippen molar-refractivity contribution in [2.75, 3.05) is 5.73 Å². The number of oxazole rings is 1. The van der Waals surface area contributed by atoms with Gasteiger partial charge in [0.2, 0.25) is 5.89 Å². The van der Waals surface area contributed by atoms with Crippen LogP contribution < -0.4 is 5.73 Å². The van der Waals surface area contributed by atoms with Crippen LogP contribution in [0.2, 0.25) is 0 Å². The Labute approximate surface area is 116 Å². The zero-order valence-corrected chi connectivity index (χ0v) is 11.3. The summed E-state index contributed by atoms with van der Waals surface area (Å²) in [6.07, 6.45) is 0. The van der Waals surface area contributed by atoms with Crippen molar-refractivity contribution in [3.05, 3.63) is 54.4 Å². The van der Waals surface area contributed by atoms with E-state index in [-0.39, 0.29) is 16.5 Å². The van der Waals surface area contributed by atoms with Crippen LogP contribution in [0.4, 0.5) is 5.69 Å². The van der Waals surface area contributed by atoms with Gasteiger partial charge in [-0.2, -0.15) is 0 Å². The molecule has 2 N–H and O–H groups in total. The molecule has 0 aliphatic rings. The molecule has 6 heteroatoms. The van der Waals surface area contributed by atoms with Crippen LogP contribution in [-0.2, 0) is 15.6 Å². The number of anilines is 1. The van der Waals surface area contributed by atoms with Crippen LogP contribution in [0.3, 0.4) is 0 Å². The van der Waals surface area contributed by atoms with Crippen molar-refractivity contribution in [2.24, 2.45) is 0 Å². The van der Waals surface area contributed by atoms with E-state index in [9.17, 15) is 8.42 Å². The molecule has 0 saturated carbocycles. The largest absolute Gasteiger partial charge is 0.439 e. The van der Waals surface area contributed by atoms with Crippen molar-refractivity contribution in [3.8, 4) is 0 Å². The first-order chi connectivity index (χ1) is 9.56. The van der Waals surface area contributed by atoms with Crippen molar-refractivity contribution >= 4 is 26.6 Å². The Morgan fingerprint density at radius 1 is 1.05 bits per heavy atom. The van der Waals surface area contributed by atoms with Crippen LogP contribution in [0.25, 0.3) is 11.1 Å². The van der Waals surface area contributed by atoms with E-state index in [2.05, 4.69) is 4.98 Å². The number of nitrogen functional groups attached to an aromatic ring is 1. The zero-order chi connectivity index (χ0) is 14.2. The summed E-state index contributed by atoms with van der Waals surface area (Å²) in [5, 5.41) is 0. The molecule has 3 rings (SSSR count). The van der Waals surface area contributed by atoms with Gasteiger partial charge in [0, 0.05) is 0 Å². The molecule has 20 heavy (non-hydrogen) atoms. The second-order valence-corrected chi connectivity index (χ2v) is 6.36. The lowest BCUT2D eigenvalue weighted by Gasteiger charge is -2.00. The van der Waals surface area contributed by atoms with E-state index in [1.165, 1.54) is 0 Å². The van der Waals surface area contributed by atoms with E-state index in [1.54, 1.807) is 48.5 Å². The molecule has 0 saturated heterocycles. The van der Waals surface area contributed by atoms with Crippen LogP contribution >= 0.6 is 0 Å². The van der Waals surface area contributed by atoms with E-state index >= 15 is 0 Å². The number of para-hydroxylation sites is 1. The van der Waals surface area contributed by atoms with Crippen LogP contribution in [0.1, 0.15) is 5.89 Å². The zero-order valence-electron chi connectivity index (χ0n) is 10.5. The minimum atomic E-state index is -3.47. The Hall–Kier alpha value is -2.34. The highest BCUT2D eigenvalue weighted by Gasteiger charge is 2.19. The number of fused-ring (bicyclic) bond motifs is 1. The minimum Gasteiger partial charge on any atom is -0.439 e. The number of hydrogen-bond donors (Lipinski definition) is 1. The van der Waals surface area contributed by atoms with Crippen LogP contribution in [0.15, 0.2) is 57.8 Å². The molecule has 5 nitrogen and oxygen atoms in total. The summed E-state index contributed by atoms with van der Waals surface area (Å²) in [5.41, 5.74) is 7.22. The molecule has 0 amide bonds. The maximum absolute atomic E-state index is 12.2. The van der Waals surface area contributed by atoms with Gasteiger partial charge in [-0.15, -0.1) is 0 Å². The molecule has 0 bridgehead atoms. The topological polar surface area (TPSA) is 86.2 Å². The van der Waals surface area contributed by atoms with Crippen molar-refractivity contribution in [1.29, 1.82) is 0 Å². The fourth-order valence-electron chi connectivity index (χ4n) is 1.95. The highest BCUT2D eigenvalue weighted by molar-refractivity contribution is 7.90. The van der Waals surface area contributed by atoms with Crippen molar-refractivity contribution < 1.29 is 12.8 Å². The number of nitrogens with two attached hydrogens (primary N) is 1. The second-order valence-electron chi connectivity index (χ2n) is 4.37. The first kappa shape index (κ1) is 12.7. The lowest BCUT2D eigenvalue weighted by Crippen LogP contribution is -2.04. The fraction of sp³-hybridized carbons (Fsp3) is 0.0714. The van der Waals surface area contributed by atoms with Gasteiger partial charge < -0.3 is 10.2 Å². The third-order valence-corrected chi connectivity index (χ3v) is 4.53. The molecule has 3 aromatic rings. The van der Waals surface area contributed by atoms with E-state index in [0.29, 0.717) is 16.8 Å². The Bertz CT molecular complexity index is 855. The number of benzene rings is 2. The second kappa shape index (κ2) is 4.64. The van der Waals surface area contributed by atoms with Gasteiger partial charge in [0.25, 0.3) is 0 Å². The van der Waals surface area contributed by atoms with Gasteiger partial charge in [0.15, 0.2) is 15.4 Å². The maximum atomic E-state index is 12.2. The molecule has 0 unspecified atom stereocenters. The highest BCUT2D eigenvalue weighted by Crippen LogP contribution is 2.23. The van der Waals surface area contributed by atoms with Gasteiger partial charge in [0.1, 0.15) is 11.3 Å². The van der Waals surface area contributed by atoms with Gasteiger partial charge in [-0.25, -0.2) is 13.4 Å². The number of nitrogens with zero attached hydrogens (tertiary/aromatic N) is 1. The lowest BCUT2D eigenvalue weighted by atomic mass is 10.3. The standard InChI is InChI=1S/C14H12N2O3S/c15-11-7-4-8-12-14(11)16-13(19-12)9-20(17,18)10-5-2-1-3-6-10/h1-8H,9,15H2. The maximum Gasteiger partial charge on any atom is 0.211 e. The van der Waals surface area contributed by atoms with E-state index in [1.807, 2.05) is 0 Å². The Morgan fingerprint density at radius 2 is 1.80 bits per heavy atom. The molecule has 0 spiro atoms. The predicted octanol–water partition coefficient (Wildman–Crippen LogP) is 2.38. The van der Waals surface area contributed by atoms with Crippen LogP contribution in [0, 0.1) is 0 Å². The number of hydrogen-bond acceptors (Lipinski definition) is 5. The molecule has 0 aliphatic carbocycles. The SMILES string of the molecule is Nc1cccc2oc(CS(=O)(=O)c3ccccc3)nc12. The first-order valence-corrected chi connectivity index (χ1v) is 7.63. The average Bonchev–Trinajstić information content (AvgIpc) is 2.83. The summed E-state index contributed by atoms with van der Waals surface area (Å²) >= 11 is 0. The van der Waals surface area contributed by atoms with Gasteiger partial charge in [-0.1, -0.05) is 24.3 Å². The van der Waals surface area contributed by atoms with Gasteiger partial charge in [0.05, 0.1) is 10.6 Å². The summed E-state index contributed by atoms with van der Waals surface area (Å²) < 4.78 is 29.9. The van der Waals surface area contributed by atoms with Crippen molar-refractivity contribution in [3.63, 3.8) is 0 Å². The fourth-order valence-corrected chi connectivity index (χ4v) is 3.14. The molecule has 1 aromatic heterocycles. The molecule has 2 aromatic carbocycles. The van der Waals surface area contributed by atoms with Crippen LogP contribution in [-0.4, -0.2) is 13.4 Å². The monoisotopic (exact) mass is 288 g/mol. The Balaban J connectivity index is 1.99. The van der Waals surface area contributed by atoms with E-state index < -0.39 is 9.84 Å². The molecule has 1 heterocycles. The highest BCUT2D eigenvalue weighted by atomic mass is 32.2. The quantitative estimate of drug-likeness (QED) is 0.748. The van der Waals surface area contributed by atoms with Crippen LogP contribution in [0.5, 0.6) is 0 Å². The normalized spacial score (nSPS) is 11.8. The summed E-state index contributed by atoms with van der Waals surface area (Å²) in [6, 6.07) is 13.3. The predicted molar refractivity (Wildman–Crippen MR) is 75.8 cm³/mol. The molecular weight excluding hydrogens is 276 g/mol. The Kier molecular flexibility index (Phi) is 2.94. The van der Waals surface area contributed by atoms with E-state index in [4.69, 9.17) is 10.2 Å². The minimum absolute atomic E-state index is 0.141. The summed E-state index contributed by atoms with van der Waals surface area (Å²) in [7, 11) is -3.47. The van der Waals surface area contributed by atoms with Crippen molar-refractivity contribution in [1.82, 2.24) is 4.98 Å². The summed E-state index contributed by atoms with van der Waals surface area (Å²) in [4.78, 5) is 4.40. The number of sulfone groups is 1. The number of aromatic nitrogens is 1. The molecular formula is C14H12N2O3S. The third-order valence-electron chi connectivity index (χ3n) is 2.91. The van der Waals surface area contributed by atoms with Crippen molar-refractivity contribution in [2.45, 2.75) is 10.6 Å². The summed E-state index contributed by atoms with van der Waals surface area (Å²) in [5.74, 6) is -0.146. The molecule has 102 valence electrons.